The first-order valence-corrected chi connectivity index (χ1v) is 5.75. The molecular weight excluding hydrogens is 219 g/mol. The summed E-state index contributed by atoms with van der Waals surface area (Å²) < 4.78 is 18.3. The van der Waals surface area contributed by atoms with Crippen LogP contribution in [0, 0.1) is 5.82 Å². The van der Waals surface area contributed by atoms with Crippen molar-refractivity contribution < 1.29 is 13.9 Å². The molecule has 0 fully saturated rings. The molecule has 17 heavy (non-hydrogen) atoms. The van der Waals surface area contributed by atoms with E-state index in [0.717, 1.165) is 29.7 Å². The zero-order valence-electron chi connectivity index (χ0n) is 9.32. The van der Waals surface area contributed by atoms with Crippen LogP contribution in [0.25, 0.3) is 0 Å². The highest BCUT2D eigenvalue weighted by Gasteiger charge is 2.37. The average molecular weight is 232 g/mol. The SMILES string of the molecule is OC1(c2ccc(F)cc2)CCCc2occc21. The van der Waals surface area contributed by atoms with Crippen molar-refractivity contribution >= 4 is 0 Å². The zero-order chi connectivity index (χ0) is 11.9. The standard InChI is InChI=1S/C14H13FO2/c15-11-5-3-10(4-6-11)14(16)8-1-2-13-12(14)7-9-17-13/h3-7,9,16H,1-2,8H2. The number of hydrogen-bond donors (Lipinski definition) is 1. The molecule has 1 unspecified atom stereocenters. The number of benzene rings is 1. The van der Waals surface area contributed by atoms with E-state index in [9.17, 15) is 9.50 Å². The average Bonchev–Trinajstić information content (AvgIpc) is 2.80. The maximum Gasteiger partial charge on any atom is 0.123 e. The molecule has 1 aliphatic rings. The molecule has 0 bridgehead atoms. The Kier molecular flexibility index (Phi) is 2.30. The Morgan fingerprint density at radius 2 is 1.94 bits per heavy atom. The van der Waals surface area contributed by atoms with Crippen molar-refractivity contribution in [2.24, 2.45) is 0 Å². The van der Waals surface area contributed by atoms with Gasteiger partial charge >= 0.3 is 0 Å². The van der Waals surface area contributed by atoms with E-state index in [-0.39, 0.29) is 5.82 Å². The molecule has 2 aromatic rings. The molecule has 0 saturated heterocycles. The number of hydrogen-bond acceptors (Lipinski definition) is 2. The summed E-state index contributed by atoms with van der Waals surface area (Å²) in [5, 5.41) is 10.8. The first kappa shape index (κ1) is 10.5. The van der Waals surface area contributed by atoms with Crippen LogP contribution in [-0.4, -0.2) is 5.11 Å². The molecule has 0 aliphatic heterocycles. The first-order chi connectivity index (χ1) is 8.20. The number of aryl methyl sites for hydroxylation is 1. The van der Waals surface area contributed by atoms with Gasteiger partial charge < -0.3 is 9.52 Å². The number of halogens is 1. The lowest BCUT2D eigenvalue weighted by molar-refractivity contribution is 0.0589. The van der Waals surface area contributed by atoms with Gasteiger partial charge in [0.2, 0.25) is 0 Å². The summed E-state index contributed by atoms with van der Waals surface area (Å²) in [7, 11) is 0. The lowest BCUT2D eigenvalue weighted by atomic mass is 9.78. The van der Waals surface area contributed by atoms with Gasteiger partial charge in [-0.1, -0.05) is 12.1 Å². The van der Waals surface area contributed by atoms with Crippen LogP contribution in [-0.2, 0) is 12.0 Å². The van der Waals surface area contributed by atoms with Crippen LogP contribution in [0.2, 0.25) is 0 Å². The van der Waals surface area contributed by atoms with E-state index in [4.69, 9.17) is 4.42 Å². The molecule has 0 spiro atoms. The second-order valence-corrected chi connectivity index (χ2v) is 4.48. The zero-order valence-corrected chi connectivity index (χ0v) is 9.32. The molecule has 0 amide bonds. The Morgan fingerprint density at radius 3 is 2.71 bits per heavy atom. The van der Waals surface area contributed by atoms with E-state index < -0.39 is 5.60 Å². The summed E-state index contributed by atoms with van der Waals surface area (Å²) in [6.45, 7) is 0. The lowest BCUT2D eigenvalue weighted by Gasteiger charge is -2.32. The largest absolute Gasteiger partial charge is 0.469 e. The van der Waals surface area contributed by atoms with Crippen LogP contribution < -0.4 is 0 Å². The molecule has 2 nitrogen and oxygen atoms in total. The van der Waals surface area contributed by atoms with Crippen molar-refractivity contribution in [3.05, 3.63) is 59.3 Å². The smallest absolute Gasteiger partial charge is 0.123 e. The molecule has 1 atom stereocenters. The van der Waals surface area contributed by atoms with E-state index in [1.165, 1.54) is 12.1 Å². The molecule has 88 valence electrons. The van der Waals surface area contributed by atoms with Gasteiger partial charge in [0.05, 0.1) is 6.26 Å². The predicted octanol–water partition coefficient (Wildman–Crippen LogP) is 2.99. The third-order valence-electron chi connectivity index (χ3n) is 3.46. The van der Waals surface area contributed by atoms with Gasteiger partial charge in [0.25, 0.3) is 0 Å². The van der Waals surface area contributed by atoms with Gasteiger partial charge in [-0.2, -0.15) is 0 Å². The minimum absolute atomic E-state index is 0.291. The van der Waals surface area contributed by atoms with Gasteiger partial charge in [0, 0.05) is 12.0 Å². The summed E-state index contributed by atoms with van der Waals surface area (Å²) in [5.41, 5.74) is 0.505. The number of furan rings is 1. The Labute approximate surface area is 98.7 Å². The van der Waals surface area contributed by atoms with Crippen molar-refractivity contribution in [2.45, 2.75) is 24.9 Å². The van der Waals surface area contributed by atoms with Crippen molar-refractivity contribution in [1.82, 2.24) is 0 Å². The van der Waals surface area contributed by atoms with Crippen molar-refractivity contribution in [3.8, 4) is 0 Å². The fraction of sp³-hybridized carbons (Fsp3) is 0.286. The summed E-state index contributed by atoms with van der Waals surface area (Å²) in [6.07, 6.45) is 3.97. The molecular formula is C14H13FO2. The van der Waals surface area contributed by atoms with Gasteiger partial charge in [-0.3, -0.25) is 0 Å². The molecule has 1 aromatic heterocycles. The Hall–Kier alpha value is -1.61. The Morgan fingerprint density at radius 1 is 1.18 bits per heavy atom. The topological polar surface area (TPSA) is 33.4 Å². The maximum absolute atomic E-state index is 12.9. The van der Waals surface area contributed by atoms with Crippen LogP contribution in [0.4, 0.5) is 4.39 Å². The van der Waals surface area contributed by atoms with Crippen molar-refractivity contribution in [1.29, 1.82) is 0 Å². The van der Waals surface area contributed by atoms with E-state index in [0.29, 0.717) is 6.42 Å². The maximum atomic E-state index is 12.9. The quantitative estimate of drug-likeness (QED) is 0.820. The highest BCUT2D eigenvalue weighted by molar-refractivity contribution is 5.39. The van der Waals surface area contributed by atoms with Gasteiger partial charge in [-0.05, 0) is 36.6 Å². The first-order valence-electron chi connectivity index (χ1n) is 5.75. The monoisotopic (exact) mass is 232 g/mol. The fourth-order valence-corrected chi connectivity index (χ4v) is 2.57. The Balaban J connectivity index is 2.11. The van der Waals surface area contributed by atoms with E-state index in [1.807, 2.05) is 0 Å². The molecule has 3 rings (SSSR count). The van der Waals surface area contributed by atoms with Gasteiger partial charge in [-0.25, -0.2) is 4.39 Å². The van der Waals surface area contributed by atoms with Gasteiger partial charge in [0.15, 0.2) is 0 Å². The number of fused-ring (bicyclic) bond motifs is 1. The molecule has 0 radical (unpaired) electrons. The van der Waals surface area contributed by atoms with Crippen LogP contribution in [0.3, 0.4) is 0 Å². The molecule has 1 N–H and O–H groups in total. The molecule has 1 aliphatic carbocycles. The molecule has 1 aromatic carbocycles. The third kappa shape index (κ3) is 1.58. The summed E-state index contributed by atoms with van der Waals surface area (Å²) in [6, 6.07) is 7.83. The predicted molar refractivity (Wildman–Crippen MR) is 61.0 cm³/mol. The van der Waals surface area contributed by atoms with Gasteiger partial charge in [-0.15, -0.1) is 0 Å². The number of rotatable bonds is 1. The summed E-state index contributed by atoms with van der Waals surface area (Å²) in [4.78, 5) is 0. The summed E-state index contributed by atoms with van der Waals surface area (Å²) >= 11 is 0. The van der Waals surface area contributed by atoms with Crippen LogP contribution in [0.15, 0.2) is 41.0 Å². The normalized spacial score (nSPS) is 23.4. The second-order valence-electron chi connectivity index (χ2n) is 4.48. The van der Waals surface area contributed by atoms with E-state index in [1.54, 1.807) is 24.5 Å². The third-order valence-corrected chi connectivity index (χ3v) is 3.46. The fourth-order valence-electron chi connectivity index (χ4n) is 2.57. The minimum atomic E-state index is -1.03. The second kappa shape index (κ2) is 3.70. The lowest BCUT2D eigenvalue weighted by Crippen LogP contribution is -2.30. The van der Waals surface area contributed by atoms with E-state index >= 15 is 0 Å². The van der Waals surface area contributed by atoms with Crippen LogP contribution >= 0.6 is 0 Å². The molecule has 1 heterocycles. The molecule has 3 heteroatoms. The number of aliphatic hydroxyl groups is 1. The van der Waals surface area contributed by atoms with Crippen LogP contribution in [0.1, 0.15) is 29.7 Å². The highest BCUT2D eigenvalue weighted by atomic mass is 19.1. The summed E-state index contributed by atoms with van der Waals surface area (Å²) in [5.74, 6) is 0.545. The van der Waals surface area contributed by atoms with Crippen molar-refractivity contribution in [3.63, 3.8) is 0 Å². The van der Waals surface area contributed by atoms with Crippen molar-refractivity contribution in [2.75, 3.05) is 0 Å². The molecule has 0 saturated carbocycles. The van der Waals surface area contributed by atoms with E-state index in [2.05, 4.69) is 0 Å². The minimum Gasteiger partial charge on any atom is -0.469 e. The Bertz CT molecular complexity index is 529. The van der Waals surface area contributed by atoms with Gasteiger partial charge in [0.1, 0.15) is 17.2 Å². The highest BCUT2D eigenvalue weighted by Crippen LogP contribution is 2.40. The van der Waals surface area contributed by atoms with Crippen LogP contribution in [0.5, 0.6) is 0 Å².